The maximum Gasteiger partial charge on any atom is 0.140 e. The molecule has 1 unspecified atom stereocenters. The first-order valence-electron chi connectivity index (χ1n) is 6.57. The first kappa shape index (κ1) is 14.0. The highest BCUT2D eigenvalue weighted by Crippen LogP contribution is 2.25. The van der Waals surface area contributed by atoms with Gasteiger partial charge in [-0.25, -0.2) is 9.37 Å². The van der Waals surface area contributed by atoms with Crippen LogP contribution in [-0.2, 0) is 6.61 Å². The van der Waals surface area contributed by atoms with Gasteiger partial charge in [0.1, 0.15) is 23.2 Å². The third-order valence-electron chi connectivity index (χ3n) is 3.10. The van der Waals surface area contributed by atoms with Crippen LogP contribution in [0.3, 0.4) is 0 Å². The van der Waals surface area contributed by atoms with Crippen LogP contribution < -0.4 is 4.74 Å². The van der Waals surface area contributed by atoms with E-state index in [0.717, 1.165) is 15.3 Å². The minimum Gasteiger partial charge on any atom is -0.486 e. The molecule has 0 spiro atoms. The minimum atomic E-state index is -0.529. The summed E-state index contributed by atoms with van der Waals surface area (Å²) in [6.45, 7) is 2.03. The minimum absolute atomic E-state index is 0.287. The van der Waals surface area contributed by atoms with Crippen molar-refractivity contribution in [2.24, 2.45) is 0 Å². The van der Waals surface area contributed by atoms with E-state index >= 15 is 0 Å². The van der Waals surface area contributed by atoms with Crippen LogP contribution in [0.1, 0.15) is 23.6 Å². The van der Waals surface area contributed by atoms with Crippen LogP contribution in [0.25, 0.3) is 10.2 Å². The lowest BCUT2D eigenvalue weighted by atomic mass is 10.1. The summed E-state index contributed by atoms with van der Waals surface area (Å²) in [5.41, 5.74) is 1.45. The maximum absolute atomic E-state index is 13.1. The van der Waals surface area contributed by atoms with Gasteiger partial charge in [-0.15, -0.1) is 11.3 Å². The van der Waals surface area contributed by atoms with Crippen molar-refractivity contribution in [3.8, 4) is 5.75 Å². The Bertz CT molecular complexity index is 770. The Hall–Kier alpha value is -1.98. The van der Waals surface area contributed by atoms with Gasteiger partial charge in [0, 0.05) is 6.07 Å². The molecule has 1 N–H and O–H groups in total. The van der Waals surface area contributed by atoms with Gasteiger partial charge in [-0.1, -0.05) is 12.1 Å². The van der Waals surface area contributed by atoms with E-state index in [9.17, 15) is 9.50 Å². The summed E-state index contributed by atoms with van der Waals surface area (Å²) in [7, 11) is 0. The van der Waals surface area contributed by atoms with Crippen molar-refractivity contribution in [3.63, 3.8) is 0 Å². The Morgan fingerprint density at radius 2 is 2.14 bits per heavy atom. The number of aliphatic hydroxyl groups is 1. The van der Waals surface area contributed by atoms with Gasteiger partial charge in [0.2, 0.25) is 0 Å². The average Bonchev–Trinajstić information content (AvgIpc) is 2.87. The van der Waals surface area contributed by atoms with Gasteiger partial charge in [-0.05, 0) is 36.8 Å². The SMILES string of the molecule is CC(O)c1cccc(OCc2nc3cc(F)ccc3s2)c1. The largest absolute Gasteiger partial charge is 0.486 e. The van der Waals surface area contributed by atoms with Gasteiger partial charge in [-0.2, -0.15) is 0 Å². The van der Waals surface area contributed by atoms with Crippen molar-refractivity contribution in [3.05, 3.63) is 58.9 Å². The number of nitrogens with zero attached hydrogens (tertiary/aromatic N) is 1. The van der Waals surface area contributed by atoms with E-state index in [1.54, 1.807) is 19.1 Å². The fourth-order valence-electron chi connectivity index (χ4n) is 2.02. The molecule has 108 valence electrons. The van der Waals surface area contributed by atoms with E-state index in [0.29, 0.717) is 17.9 Å². The standard InChI is InChI=1S/C16H14FNO2S/c1-10(19)11-3-2-4-13(7-11)20-9-16-18-14-8-12(17)5-6-15(14)21-16/h2-8,10,19H,9H2,1H3. The van der Waals surface area contributed by atoms with E-state index in [1.165, 1.54) is 23.5 Å². The van der Waals surface area contributed by atoms with Crippen LogP contribution >= 0.6 is 11.3 Å². The fraction of sp³-hybridized carbons (Fsp3) is 0.188. The molecule has 0 aliphatic rings. The van der Waals surface area contributed by atoms with Crippen molar-refractivity contribution in [2.75, 3.05) is 0 Å². The number of benzene rings is 2. The summed E-state index contributed by atoms with van der Waals surface area (Å²) in [6.07, 6.45) is -0.529. The Kier molecular flexibility index (Phi) is 3.86. The number of fused-ring (bicyclic) bond motifs is 1. The van der Waals surface area contributed by atoms with Gasteiger partial charge < -0.3 is 9.84 Å². The Morgan fingerprint density at radius 1 is 1.29 bits per heavy atom. The number of aliphatic hydroxyl groups excluding tert-OH is 1. The highest BCUT2D eigenvalue weighted by molar-refractivity contribution is 7.18. The van der Waals surface area contributed by atoms with E-state index in [2.05, 4.69) is 4.98 Å². The molecular weight excluding hydrogens is 289 g/mol. The molecule has 0 radical (unpaired) electrons. The van der Waals surface area contributed by atoms with Gasteiger partial charge in [0.05, 0.1) is 16.3 Å². The monoisotopic (exact) mass is 303 g/mol. The van der Waals surface area contributed by atoms with Gasteiger partial charge >= 0.3 is 0 Å². The fourth-order valence-corrected chi connectivity index (χ4v) is 2.88. The molecule has 0 saturated carbocycles. The molecule has 21 heavy (non-hydrogen) atoms. The van der Waals surface area contributed by atoms with Crippen molar-refractivity contribution in [1.29, 1.82) is 0 Å². The normalized spacial score (nSPS) is 12.5. The number of aromatic nitrogens is 1. The lowest BCUT2D eigenvalue weighted by Crippen LogP contribution is -1.96. The molecule has 2 aromatic carbocycles. The number of ether oxygens (including phenoxy) is 1. The van der Waals surface area contributed by atoms with E-state index in [1.807, 2.05) is 18.2 Å². The summed E-state index contributed by atoms with van der Waals surface area (Å²) in [4.78, 5) is 4.35. The molecule has 0 saturated heterocycles. The molecule has 0 aliphatic carbocycles. The zero-order valence-corrected chi connectivity index (χ0v) is 12.2. The zero-order chi connectivity index (χ0) is 14.8. The summed E-state index contributed by atoms with van der Waals surface area (Å²) in [5.74, 6) is 0.392. The number of rotatable bonds is 4. The van der Waals surface area contributed by atoms with Crippen LogP contribution in [0.5, 0.6) is 5.75 Å². The molecule has 5 heteroatoms. The number of hydrogen-bond acceptors (Lipinski definition) is 4. The summed E-state index contributed by atoms with van der Waals surface area (Å²) < 4.78 is 19.7. The van der Waals surface area contributed by atoms with E-state index in [4.69, 9.17) is 4.74 Å². The number of thiazole rings is 1. The summed E-state index contributed by atoms with van der Waals surface area (Å²) in [6, 6.07) is 11.9. The first-order chi connectivity index (χ1) is 10.1. The molecule has 1 heterocycles. The van der Waals surface area contributed by atoms with Crippen molar-refractivity contribution in [2.45, 2.75) is 19.6 Å². The highest BCUT2D eigenvalue weighted by atomic mass is 32.1. The summed E-state index contributed by atoms with van der Waals surface area (Å²) in [5, 5.41) is 10.3. The lowest BCUT2D eigenvalue weighted by Gasteiger charge is -2.08. The maximum atomic E-state index is 13.1. The van der Waals surface area contributed by atoms with Gasteiger partial charge in [0.15, 0.2) is 0 Å². The average molecular weight is 303 g/mol. The summed E-state index contributed by atoms with van der Waals surface area (Å²) >= 11 is 1.48. The smallest absolute Gasteiger partial charge is 0.140 e. The van der Waals surface area contributed by atoms with Crippen molar-refractivity contribution in [1.82, 2.24) is 4.98 Å². The molecule has 0 fully saturated rings. The molecule has 1 aromatic heterocycles. The molecule has 3 aromatic rings. The second kappa shape index (κ2) is 5.79. The molecule has 3 rings (SSSR count). The van der Waals surface area contributed by atoms with E-state index < -0.39 is 6.10 Å². The predicted octanol–water partition coefficient (Wildman–Crippen LogP) is 4.07. The van der Waals surface area contributed by atoms with Crippen LogP contribution in [0.4, 0.5) is 4.39 Å². The first-order valence-corrected chi connectivity index (χ1v) is 7.39. The Balaban J connectivity index is 1.75. The molecule has 1 atom stereocenters. The Labute approximate surface area is 125 Å². The second-order valence-electron chi connectivity index (χ2n) is 4.76. The quantitative estimate of drug-likeness (QED) is 0.790. The van der Waals surface area contributed by atoms with Gasteiger partial charge in [0.25, 0.3) is 0 Å². The van der Waals surface area contributed by atoms with Crippen LogP contribution in [0, 0.1) is 5.82 Å². The third kappa shape index (κ3) is 3.20. The van der Waals surface area contributed by atoms with E-state index in [-0.39, 0.29) is 5.82 Å². The Morgan fingerprint density at radius 3 is 2.95 bits per heavy atom. The zero-order valence-electron chi connectivity index (χ0n) is 11.4. The van der Waals surface area contributed by atoms with Gasteiger partial charge in [-0.3, -0.25) is 0 Å². The molecule has 3 nitrogen and oxygen atoms in total. The molecule has 0 aliphatic heterocycles. The number of halogens is 1. The molecule has 0 bridgehead atoms. The second-order valence-corrected chi connectivity index (χ2v) is 5.87. The van der Waals surface area contributed by atoms with Crippen LogP contribution in [0.2, 0.25) is 0 Å². The molecular formula is C16H14FNO2S. The molecule has 0 amide bonds. The topological polar surface area (TPSA) is 42.4 Å². The highest BCUT2D eigenvalue weighted by Gasteiger charge is 2.07. The van der Waals surface area contributed by atoms with Crippen molar-refractivity contribution >= 4 is 21.6 Å². The third-order valence-corrected chi connectivity index (χ3v) is 4.11. The van der Waals surface area contributed by atoms with Crippen LogP contribution in [0.15, 0.2) is 42.5 Å². The number of hydrogen-bond donors (Lipinski definition) is 1. The van der Waals surface area contributed by atoms with Crippen molar-refractivity contribution < 1.29 is 14.2 Å². The lowest BCUT2D eigenvalue weighted by molar-refractivity contribution is 0.198. The van der Waals surface area contributed by atoms with Crippen LogP contribution in [-0.4, -0.2) is 10.1 Å². The predicted molar refractivity (Wildman–Crippen MR) is 81.0 cm³/mol.